The number of halogens is 1. The summed E-state index contributed by atoms with van der Waals surface area (Å²) in [7, 11) is 0. The Kier molecular flexibility index (Phi) is 4.04. The molecule has 0 aromatic heterocycles. The van der Waals surface area contributed by atoms with E-state index in [1.165, 1.54) is 6.07 Å². The molecule has 0 heterocycles. The van der Waals surface area contributed by atoms with E-state index in [1.807, 2.05) is 27.7 Å². The van der Waals surface area contributed by atoms with Crippen molar-refractivity contribution in [1.29, 1.82) is 0 Å². The molecule has 0 aliphatic rings. The topological polar surface area (TPSA) is 43.1 Å². The quantitative estimate of drug-likeness (QED) is 0.821. The maximum atomic E-state index is 13.5. The molecule has 1 atom stereocenters. The molecule has 0 fully saturated rings. The van der Waals surface area contributed by atoms with E-state index in [4.69, 9.17) is 5.73 Å². The molecule has 94 valence electrons. The van der Waals surface area contributed by atoms with Gasteiger partial charge in [-0.2, -0.15) is 0 Å². The number of rotatable bonds is 3. The van der Waals surface area contributed by atoms with E-state index < -0.39 is 5.82 Å². The van der Waals surface area contributed by atoms with E-state index >= 15 is 0 Å². The van der Waals surface area contributed by atoms with Gasteiger partial charge in [0.05, 0.1) is 5.56 Å². The van der Waals surface area contributed by atoms with E-state index in [1.54, 1.807) is 12.1 Å². The number of carbonyl (C=O) groups is 1. The Morgan fingerprint density at radius 2 is 2.00 bits per heavy atom. The van der Waals surface area contributed by atoms with E-state index in [2.05, 4.69) is 0 Å². The van der Waals surface area contributed by atoms with Crippen molar-refractivity contribution in [2.45, 2.75) is 40.2 Å². The summed E-state index contributed by atoms with van der Waals surface area (Å²) in [6, 6.07) is 4.28. The van der Waals surface area contributed by atoms with Gasteiger partial charge in [-0.05, 0) is 24.5 Å². The lowest BCUT2D eigenvalue weighted by atomic mass is 9.83. The van der Waals surface area contributed by atoms with Crippen LogP contribution in [0.3, 0.4) is 0 Å². The summed E-state index contributed by atoms with van der Waals surface area (Å²) >= 11 is 0. The Morgan fingerprint density at radius 1 is 1.41 bits per heavy atom. The van der Waals surface area contributed by atoms with Gasteiger partial charge in [-0.15, -0.1) is 0 Å². The number of hydrogen-bond donors (Lipinski definition) is 1. The van der Waals surface area contributed by atoms with E-state index in [-0.39, 0.29) is 29.2 Å². The first-order valence-corrected chi connectivity index (χ1v) is 5.76. The first-order valence-electron chi connectivity index (χ1n) is 5.76. The van der Waals surface area contributed by atoms with Crippen LogP contribution in [0.2, 0.25) is 0 Å². The second kappa shape index (κ2) is 4.96. The van der Waals surface area contributed by atoms with Crippen molar-refractivity contribution in [2.24, 2.45) is 11.1 Å². The summed E-state index contributed by atoms with van der Waals surface area (Å²) in [6.07, 6.45) is 0.171. The van der Waals surface area contributed by atoms with Crippen molar-refractivity contribution in [3.8, 4) is 0 Å². The first kappa shape index (κ1) is 13.8. The van der Waals surface area contributed by atoms with Crippen LogP contribution in [-0.4, -0.2) is 11.8 Å². The molecule has 0 bridgehead atoms. The maximum absolute atomic E-state index is 13.5. The van der Waals surface area contributed by atoms with Gasteiger partial charge in [0.1, 0.15) is 5.82 Å². The molecule has 1 aromatic rings. The lowest BCUT2D eigenvalue weighted by Gasteiger charge is -2.26. The van der Waals surface area contributed by atoms with Crippen molar-refractivity contribution in [1.82, 2.24) is 0 Å². The summed E-state index contributed by atoms with van der Waals surface area (Å²) in [4.78, 5) is 12.0. The average Bonchev–Trinajstić information content (AvgIpc) is 2.20. The van der Waals surface area contributed by atoms with Crippen LogP contribution < -0.4 is 5.73 Å². The summed E-state index contributed by atoms with van der Waals surface area (Å²) in [6.45, 7) is 7.74. The van der Waals surface area contributed by atoms with Crippen LogP contribution in [0.25, 0.3) is 0 Å². The molecule has 17 heavy (non-hydrogen) atoms. The van der Waals surface area contributed by atoms with Crippen LogP contribution in [-0.2, 0) is 0 Å². The minimum atomic E-state index is -0.471. The Labute approximate surface area is 102 Å². The highest BCUT2D eigenvalue weighted by molar-refractivity contribution is 5.96. The van der Waals surface area contributed by atoms with Gasteiger partial charge in [0.15, 0.2) is 5.78 Å². The highest BCUT2D eigenvalue weighted by Gasteiger charge is 2.24. The fourth-order valence-electron chi connectivity index (χ4n) is 1.47. The summed E-state index contributed by atoms with van der Waals surface area (Å²) < 4.78 is 13.5. The SMILES string of the molecule is Cc1ccc(F)c(C(=O)CC(N)C(C)(C)C)c1. The number of nitrogens with two attached hydrogens (primary N) is 1. The van der Waals surface area contributed by atoms with Crippen LogP contribution in [0.1, 0.15) is 43.1 Å². The van der Waals surface area contributed by atoms with Crippen molar-refractivity contribution in [2.75, 3.05) is 0 Å². The molecule has 0 spiro atoms. The van der Waals surface area contributed by atoms with Crippen LogP contribution in [0.4, 0.5) is 4.39 Å². The maximum Gasteiger partial charge on any atom is 0.167 e. The first-order chi connectivity index (χ1) is 7.71. The fourth-order valence-corrected chi connectivity index (χ4v) is 1.47. The highest BCUT2D eigenvalue weighted by atomic mass is 19.1. The molecule has 0 aliphatic carbocycles. The van der Waals surface area contributed by atoms with Gasteiger partial charge in [0, 0.05) is 12.5 Å². The number of benzene rings is 1. The zero-order chi connectivity index (χ0) is 13.2. The van der Waals surface area contributed by atoms with Crippen molar-refractivity contribution in [3.05, 3.63) is 35.1 Å². The minimum absolute atomic E-state index is 0.143. The van der Waals surface area contributed by atoms with Gasteiger partial charge in [0.25, 0.3) is 0 Å². The highest BCUT2D eigenvalue weighted by Crippen LogP contribution is 2.22. The van der Waals surface area contributed by atoms with E-state index in [9.17, 15) is 9.18 Å². The van der Waals surface area contributed by atoms with Crippen LogP contribution in [0.15, 0.2) is 18.2 Å². The molecule has 1 aromatic carbocycles. The van der Waals surface area contributed by atoms with Gasteiger partial charge in [-0.3, -0.25) is 4.79 Å². The molecule has 0 amide bonds. The lowest BCUT2D eigenvalue weighted by Crippen LogP contribution is -2.37. The number of ketones is 1. The average molecular weight is 237 g/mol. The van der Waals surface area contributed by atoms with Crippen molar-refractivity contribution < 1.29 is 9.18 Å². The van der Waals surface area contributed by atoms with E-state index in [0.717, 1.165) is 5.56 Å². The molecule has 2 nitrogen and oxygen atoms in total. The van der Waals surface area contributed by atoms with Crippen LogP contribution in [0.5, 0.6) is 0 Å². The van der Waals surface area contributed by atoms with E-state index in [0.29, 0.717) is 0 Å². The van der Waals surface area contributed by atoms with Gasteiger partial charge in [-0.25, -0.2) is 4.39 Å². The molecule has 1 rings (SSSR count). The molecule has 0 saturated heterocycles. The molecular weight excluding hydrogens is 217 g/mol. The monoisotopic (exact) mass is 237 g/mol. The fraction of sp³-hybridized carbons (Fsp3) is 0.500. The van der Waals surface area contributed by atoms with Crippen molar-refractivity contribution >= 4 is 5.78 Å². The predicted molar refractivity (Wildman–Crippen MR) is 67.5 cm³/mol. The molecule has 2 N–H and O–H groups in total. The van der Waals surface area contributed by atoms with Gasteiger partial charge < -0.3 is 5.73 Å². The lowest BCUT2D eigenvalue weighted by molar-refractivity contribution is 0.0949. The predicted octanol–water partition coefficient (Wildman–Crippen LogP) is 3.08. The second-order valence-electron chi connectivity index (χ2n) is 5.58. The molecule has 0 saturated carbocycles. The molecule has 3 heteroatoms. The Hall–Kier alpha value is -1.22. The zero-order valence-electron chi connectivity index (χ0n) is 10.9. The second-order valence-corrected chi connectivity index (χ2v) is 5.58. The Bertz CT molecular complexity index is 421. The standard InChI is InChI=1S/C14H20FNO/c1-9-5-6-11(15)10(7-9)12(17)8-13(16)14(2,3)4/h5-7,13H,8,16H2,1-4H3. The van der Waals surface area contributed by atoms with Gasteiger partial charge in [0.2, 0.25) is 0 Å². The summed E-state index contributed by atoms with van der Waals surface area (Å²) in [5.74, 6) is -0.699. The number of hydrogen-bond acceptors (Lipinski definition) is 2. The molecule has 0 aliphatic heterocycles. The molecule has 0 radical (unpaired) electrons. The summed E-state index contributed by atoms with van der Waals surface area (Å²) in [5, 5.41) is 0. The Balaban J connectivity index is 2.87. The normalized spacial score (nSPS) is 13.5. The zero-order valence-corrected chi connectivity index (χ0v) is 10.9. The van der Waals surface area contributed by atoms with Gasteiger partial charge in [-0.1, -0.05) is 32.4 Å². The Morgan fingerprint density at radius 3 is 2.53 bits per heavy atom. The van der Waals surface area contributed by atoms with Gasteiger partial charge >= 0.3 is 0 Å². The number of Topliss-reactive ketones (excluding diaryl/α,β-unsaturated/α-hetero) is 1. The van der Waals surface area contributed by atoms with Crippen LogP contribution >= 0.6 is 0 Å². The minimum Gasteiger partial charge on any atom is -0.327 e. The number of aryl methyl sites for hydroxylation is 1. The van der Waals surface area contributed by atoms with Crippen LogP contribution in [0, 0.1) is 18.2 Å². The number of carbonyl (C=O) groups excluding carboxylic acids is 1. The largest absolute Gasteiger partial charge is 0.327 e. The smallest absolute Gasteiger partial charge is 0.167 e. The third kappa shape index (κ3) is 3.63. The van der Waals surface area contributed by atoms with Crippen molar-refractivity contribution in [3.63, 3.8) is 0 Å². The molecular formula is C14H20FNO. The summed E-state index contributed by atoms with van der Waals surface area (Å²) in [5.41, 5.74) is 6.79. The molecule has 1 unspecified atom stereocenters. The third-order valence-electron chi connectivity index (χ3n) is 2.94. The third-order valence-corrected chi connectivity index (χ3v) is 2.94.